The van der Waals surface area contributed by atoms with E-state index in [1.54, 1.807) is 14.2 Å². The SMILES string of the molecule is COc1ccc(CNC(=O)c2cn(Cc3ccccc3)c3ccccc23)c(OC)c1. The molecule has 0 saturated heterocycles. The van der Waals surface area contributed by atoms with Gasteiger partial charge in [0.1, 0.15) is 11.5 Å². The lowest BCUT2D eigenvalue weighted by molar-refractivity contribution is 0.0952. The fourth-order valence-corrected chi connectivity index (χ4v) is 3.61. The van der Waals surface area contributed by atoms with Gasteiger partial charge in [-0.2, -0.15) is 0 Å². The molecule has 0 spiro atoms. The Hall–Kier alpha value is -3.73. The van der Waals surface area contributed by atoms with Gasteiger partial charge in [-0.1, -0.05) is 48.5 Å². The summed E-state index contributed by atoms with van der Waals surface area (Å²) in [5, 5.41) is 3.96. The van der Waals surface area contributed by atoms with Crippen LogP contribution in [0.2, 0.25) is 0 Å². The Bertz CT molecular complexity index is 1170. The van der Waals surface area contributed by atoms with E-state index in [0.717, 1.165) is 16.5 Å². The predicted molar refractivity (Wildman–Crippen MR) is 118 cm³/mol. The van der Waals surface area contributed by atoms with Crippen molar-refractivity contribution in [2.75, 3.05) is 14.2 Å². The van der Waals surface area contributed by atoms with Crippen molar-refractivity contribution in [3.05, 3.63) is 95.7 Å². The molecule has 0 bridgehead atoms. The van der Waals surface area contributed by atoms with Gasteiger partial charge in [-0.05, 0) is 23.8 Å². The third-order valence-corrected chi connectivity index (χ3v) is 5.16. The molecule has 152 valence electrons. The van der Waals surface area contributed by atoms with E-state index in [4.69, 9.17) is 9.47 Å². The number of amides is 1. The molecule has 4 aromatic rings. The van der Waals surface area contributed by atoms with Gasteiger partial charge < -0.3 is 19.4 Å². The van der Waals surface area contributed by atoms with Crippen LogP contribution in [0.3, 0.4) is 0 Å². The summed E-state index contributed by atoms with van der Waals surface area (Å²) in [6.45, 7) is 1.07. The molecule has 0 aliphatic heterocycles. The van der Waals surface area contributed by atoms with Gasteiger partial charge in [0.2, 0.25) is 0 Å². The molecule has 1 aromatic heterocycles. The zero-order valence-electron chi connectivity index (χ0n) is 17.1. The van der Waals surface area contributed by atoms with E-state index in [9.17, 15) is 4.79 Å². The smallest absolute Gasteiger partial charge is 0.253 e. The lowest BCUT2D eigenvalue weighted by atomic mass is 10.1. The second-order valence-electron chi connectivity index (χ2n) is 7.03. The van der Waals surface area contributed by atoms with Gasteiger partial charge in [0.05, 0.1) is 19.8 Å². The van der Waals surface area contributed by atoms with Gasteiger partial charge in [0.15, 0.2) is 0 Å². The monoisotopic (exact) mass is 400 g/mol. The van der Waals surface area contributed by atoms with Crippen molar-refractivity contribution in [3.63, 3.8) is 0 Å². The minimum absolute atomic E-state index is 0.115. The molecule has 0 radical (unpaired) electrons. The van der Waals surface area contributed by atoms with Crippen molar-refractivity contribution in [2.45, 2.75) is 13.1 Å². The van der Waals surface area contributed by atoms with Crippen molar-refractivity contribution in [1.82, 2.24) is 9.88 Å². The van der Waals surface area contributed by atoms with Crippen LogP contribution in [0.15, 0.2) is 79.0 Å². The van der Waals surface area contributed by atoms with E-state index in [1.165, 1.54) is 5.56 Å². The number of ether oxygens (including phenoxy) is 2. The van der Waals surface area contributed by atoms with Crippen LogP contribution in [0.1, 0.15) is 21.5 Å². The van der Waals surface area contributed by atoms with Gasteiger partial charge in [-0.15, -0.1) is 0 Å². The molecule has 0 aliphatic rings. The summed E-state index contributed by atoms with van der Waals surface area (Å²) in [6, 6.07) is 23.8. The van der Waals surface area contributed by atoms with Crippen LogP contribution >= 0.6 is 0 Å². The fourth-order valence-electron chi connectivity index (χ4n) is 3.61. The highest BCUT2D eigenvalue weighted by molar-refractivity contribution is 6.07. The van der Waals surface area contributed by atoms with E-state index < -0.39 is 0 Å². The summed E-state index contributed by atoms with van der Waals surface area (Å²) in [6.07, 6.45) is 1.93. The van der Waals surface area contributed by atoms with Crippen LogP contribution in [0, 0.1) is 0 Å². The molecule has 4 rings (SSSR count). The molecule has 1 N–H and O–H groups in total. The number of nitrogens with zero attached hydrogens (tertiary/aromatic N) is 1. The molecule has 5 nitrogen and oxygen atoms in total. The molecule has 0 fully saturated rings. The number of nitrogens with one attached hydrogen (secondary N) is 1. The molecule has 1 amide bonds. The average molecular weight is 400 g/mol. The van der Waals surface area contributed by atoms with E-state index in [0.29, 0.717) is 30.2 Å². The molecular formula is C25H24N2O3. The quantitative estimate of drug-likeness (QED) is 0.492. The number of rotatable bonds is 7. The second kappa shape index (κ2) is 8.74. The molecule has 30 heavy (non-hydrogen) atoms. The largest absolute Gasteiger partial charge is 0.497 e. The minimum Gasteiger partial charge on any atom is -0.497 e. The number of hydrogen-bond donors (Lipinski definition) is 1. The van der Waals surface area contributed by atoms with Crippen LogP contribution < -0.4 is 14.8 Å². The Kier molecular flexibility index (Phi) is 5.70. The first kappa shape index (κ1) is 19.6. The second-order valence-corrected chi connectivity index (χ2v) is 7.03. The minimum atomic E-state index is -0.115. The van der Waals surface area contributed by atoms with E-state index in [1.807, 2.05) is 66.9 Å². The number of benzene rings is 3. The van der Waals surface area contributed by atoms with Gasteiger partial charge in [-0.25, -0.2) is 0 Å². The first-order valence-corrected chi connectivity index (χ1v) is 9.80. The first-order chi connectivity index (χ1) is 14.7. The zero-order valence-corrected chi connectivity index (χ0v) is 17.1. The van der Waals surface area contributed by atoms with Crippen molar-refractivity contribution < 1.29 is 14.3 Å². The van der Waals surface area contributed by atoms with Crippen molar-refractivity contribution in [1.29, 1.82) is 0 Å². The summed E-state index contributed by atoms with van der Waals surface area (Å²) in [5.41, 5.74) is 3.77. The molecule has 0 saturated carbocycles. The summed E-state index contributed by atoms with van der Waals surface area (Å²) in [5.74, 6) is 1.28. The summed E-state index contributed by atoms with van der Waals surface area (Å²) < 4.78 is 12.8. The number of carbonyl (C=O) groups is 1. The molecule has 0 atom stereocenters. The molecule has 0 unspecified atom stereocenters. The Labute approximate surface area is 175 Å². The van der Waals surface area contributed by atoms with Crippen LogP contribution in [-0.2, 0) is 13.1 Å². The molecule has 0 aliphatic carbocycles. The third kappa shape index (κ3) is 4.01. The maximum atomic E-state index is 13.0. The van der Waals surface area contributed by atoms with Gasteiger partial charge in [0.25, 0.3) is 5.91 Å². The topological polar surface area (TPSA) is 52.5 Å². The highest BCUT2D eigenvalue weighted by atomic mass is 16.5. The fraction of sp³-hybridized carbons (Fsp3) is 0.160. The summed E-state index contributed by atoms with van der Waals surface area (Å²) in [7, 11) is 3.22. The van der Waals surface area contributed by atoms with Gasteiger partial charge in [0, 0.05) is 41.8 Å². The number of para-hydroxylation sites is 1. The standard InChI is InChI=1S/C25H24N2O3/c1-29-20-13-12-19(24(14-20)30-2)15-26-25(28)22-17-27(16-18-8-4-3-5-9-18)23-11-7-6-10-21(22)23/h3-14,17H,15-16H2,1-2H3,(H,26,28). The van der Waals surface area contributed by atoms with Crippen LogP contribution in [0.5, 0.6) is 11.5 Å². The average Bonchev–Trinajstić information content (AvgIpc) is 3.16. The highest BCUT2D eigenvalue weighted by Crippen LogP contribution is 2.25. The predicted octanol–water partition coefficient (Wildman–Crippen LogP) is 4.64. The van der Waals surface area contributed by atoms with Gasteiger partial charge >= 0.3 is 0 Å². The number of aromatic nitrogens is 1. The molecular weight excluding hydrogens is 376 g/mol. The Morgan fingerprint density at radius 1 is 0.933 bits per heavy atom. The number of hydrogen-bond acceptors (Lipinski definition) is 3. The van der Waals surface area contributed by atoms with Crippen molar-refractivity contribution in [3.8, 4) is 11.5 Å². The molecule has 5 heteroatoms. The summed E-state index contributed by atoms with van der Waals surface area (Å²) in [4.78, 5) is 13.0. The van der Waals surface area contributed by atoms with Gasteiger partial charge in [-0.3, -0.25) is 4.79 Å². The maximum Gasteiger partial charge on any atom is 0.253 e. The van der Waals surface area contributed by atoms with E-state index in [2.05, 4.69) is 22.0 Å². The lowest BCUT2D eigenvalue weighted by Gasteiger charge is -2.11. The van der Waals surface area contributed by atoms with Crippen LogP contribution in [0.25, 0.3) is 10.9 Å². The number of methoxy groups -OCH3 is 2. The third-order valence-electron chi connectivity index (χ3n) is 5.16. The van der Waals surface area contributed by atoms with E-state index in [-0.39, 0.29) is 5.91 Å². The Morgan fingerprint density at radius 3 is 2.47 bits per heavy atom. The van der Waals surface area contributed by atoms with Crippen molar-refractivity contribution >= 4 is 16.8 Å². The normalized spacial score (nSPS) is 10.7. The maximum absolute atomic E-state index is 13.0. The first-order valence-electron chi connectivity index (χ1n) is 9.80. The van der Waals surface area contributed by atoms with E-state index >= 15 is 0 Å². The Morgan fingerprint density at radius 2 is 1.70 bits per heavy atom. The number of fused-ring (bicyclic) bond motifs is 1. The van der Waals surface area contributed by atoms with Crippen LogP contribution in [0.4, 0.5) is 0 Å². The lowest BCUT2D eigenvalue weighted by Crippen LogP contribution is -2.23. The summed E-state index contributed by atoms with van der Waals surface area (Å²) >= 11 is 0. The zero-order chi connectivity index (χ0) is 20.9. The van der Waals surface area contributed by atoms with Crippen molar-refractivity contribution in [2.24, 2.45) is 0 Å². The molecule has 3 aromatic carbocycles. The molecule has 1 heterocycles. The Balaban J connectivity index is 1.58. The number of carbonyl (C=O) groups excluding carboxylic acids is 1. The van der Waals surface area contributed by atoms with Crippen LogP contribution in [-0.4, -0.2) is 24.7 Å². The highest BCUT2D eigenvalue weighted by Gasteiger charge is 2.16.